The Hall–Kier alpha value is -0.320. The molecule has 1 aliphatic heterocycles. The maximum absolute atomic E-state index is 11.2. The van der Waals surface area contributed by atoms with Crippen molar-refractivity contribution in [1.29, 1.82) is 0 Å². The van der Waals surface area contributed by atoms with Crippen LogP contribution in [0.3, 0.4) is 0 Å². The first-order chi connectivity index (χ1) is 8.13. The zero-order chi connectivity index (χ0) is 12.7. The molecule has 0 bridgehead atoms. The molecule has 108 valence electrons. The molecule has 0 spiro atoms. The largest absolute Gasteiger partial charge is 0.469 e. The van der Waals surface area contributed by atoms with Crippen LogP contribution in [-0.2, 0) is 9.53 Å². The fourth-order valence-corrected chi connectivity index (χ4v) is 2.29. The average Bonchev–Trinajstić information content (AvgIpc) is 2.34. The van der Waals surface area contributed by atoms with Crippen LogP contribution in [0.25, 0.3) is 0 Å². The second kappa shape index (κ2) is 9.59. The van der Waals surface area contributed by atoms with Crippen molar-refractivity contribution < 1.29 is 9.53 Å². The molecule has 1 aliphatic rings. The number of carbonyl (C=O) groups is 1. The molecule has 0 radical (unpaired) electrons. The van der Waals surface area contributed by atoms with E-state index in [-0.39, 0.29) is 18.4 Å². The summed E-state index contributed by atoms with van der Waals surface area (Å²) in [6, 6.07) is 0.495. The van der Waals surface area contributed by atoms with E-state index in [1.807, 2.05) is 0 Å². The van der Waals surface area contributed by atoms with Crippen LogP contribution in [0.2, 0.25) is 0 Å². The van der Waals surface area contributed by atoms with Crippen LogP contribution in [0.5, 0.6) is 0 Å². The molecule has 0 atom stereocenters. The van der Waals surface area contributed by atoms with Crippen LogP contribution < -0.4 is 5.32 Å². The lowest BCUT2D eigenvalue weighted by atomic mass is 9.97. The molecule has 1 N–H and O–H groups in total. The normalized spacial score (nSPS) is 16.7. The van der Waals surface area contributed by atoms with Gasteiger partial charge >= 0.3 is 5.97 Å². The minimum Gasteiger partial charge on any atom is -0.469 e. The van der Waals surface area contributed by atoms with Crippen LogP contribution in [0.15, 0.2) is 0 Å². The Bertz CT molecular complexity index is 231. The van der Waals surface area contributed by atoms with Crippen molar-refractivity contribution in [2.45, 2.75) is 39.2 Å². The maximum Gasteiger partial charge on any atom is 0.306 e. The van der Waals surface area contributed by atoms with E-state index in [1.54, 1.807) is 0 Å². The minimum absolute atomic E-state index is 0. The Morgan fingerprint density at radius 3 is 2.50 bits per heavy atom. The molecule has 18 heavy (non-hydrogen) atoms. The predicted octanol–water partition coefficient (Wildman–Crippen LogP) is 1.68. The first kappa shape index (κ1) is 17.7. The van der Waals surface area contributed by atoms with E-state index in [9.17, 15) is 4.79 Å². The number of nitrogens with one attached hydrogen (secondary N) is 1. The van der Waals surface area contributed by atoms with Crippen LogP contribution in [0.4, 0.5) is 0 Å². The number of rotatable bonds is 6. The highest BCUT2D eigenvalue weighted by molar-refractivity contribution is 5.85. The molecule has 0 unspecified atom stereocenters. The number of halogens is 1. The van der Waals surface area contributed by atoms with E-state index >= 15 is 0 Å². The number of piperidine rings is 1. The highest BCUT2D eigenvalue weighted by atomic mass is 35.5. The lowest BCUT2D eigenvalue weighted by Gasteiger charge is -2.32. The third kappa shape index (κ3) is 6.57. The highest BCUT2D eigenvalue weighted by Crippen LogP contribution is 2.15. The van der Waals surface area contributed by atoms with Gasteiger partial charge < -0.3 is 15.0 Å². The van der Waals surface area contributed by atoms with Crippen molar-refractivity contribution in [2.75, 3.05) is 33.3 Å². The van der Waals surface area contributed by atoms with Gasteiger partial charge in [-0.05, 0) is 45.7 Å². The maximum atomic E-state index is 11.2. The summed E-state index contributed by atoms with van der Waals surface area (Å²) < 4.78 is 4.69. The summed E-state index contributed by atoms with van der Waals surface area (Å²) in [5.74, 6) is 0.664. The molecule has 1 heterocycles. The number of hydrogen-bond acceptors (Lipinski definition) is 4. The molecule has 0 aromatic carbocycles. The molecule has 0 aliphatic carbocycles. The number of carbonyl (C=O) groups excluding carboxylic acids is 1. The molecule has 0 aromatic heterocycles. The molecule has 1 fully saturated rings. The van der Waals surface area contributed by atoms with Gasteiger partial charge in [0.2, 0.25) is 0 Å². The monoisotopic (exact) mass is 278 g/mol. The first-order valence-electron chi connectivity index (χ1n) is 6.65. The summed E-state index contributed by atoms with van der Waals surface area (Å²) in [4.78, 5) is 13.6. The summed E-state index contributed by atoms with van der Waals surface area (Å²) in [6.45, 7) is 8.57. The van der Waals surface area contributed by atoms with E-state index < -0.39 is 0 Å². The molecule has 0 saturated carbocycles. The Balaban J connectivity index is 0.00000289. The second-order valence-corrected chi connectivity index (χ2v) is 5.11. The molecular formula is C13H27ClN2O2. The van der Waals surface area contributed by atoms with E-state index in [4.69, 9.17) is 4.74 Å². The third-order valence-electron chi connectivity index (χ3n) is 3.51. The lowest BCUT2D eigenvalue weighted by Crippen LogP contribution is -2.40. The van der Waals surface area contributed by atoms with Crippen molar-refractivity contribution >= 4 is 18.4 Å². The first-order valence-corrected chi connectivity index (χ1v) is 6.65. The molecule has 0 amide bonds. The summed E-state index contributed by atoms with van der Waals surface area (Å²) in [7, 11) is 1.45. The van der Waals surface area contributed by atoms with Gasteiger partial charge in [0.15, 0.2) is 0 Å². The summed E-state index contributed by atoms with van der Waals surface area (Å²) in [5, 5.41) is 3.38. The smallest absolute Gasteiger partial charge is 0.306 e. The zero-order valence-electron chi connectivity index (χ0n) is 11.8. The van der Waals surface area contributed by atoms with Crippen molar-refractivity contribution in [3.8, 4) is 0 Å². The van der Waals surface area contributed by atoms with E-state index in [0.717, 1.165) is 32.1 Å². The number of methoxy groups -OCH3 is 1. The number of ether oxygens (including phenoxy) is 1. The van der Waals surface area contributed by atoms with Crippen LogP contribution >= 0.6 is 12.4 Å². The van der Waals surface area contributed by atoms with Crippen molar-refractivity contribution in [2.24, 2.45) is 5.92 Å². The molecule has 1 saturated heterocycles. The number of nitrogens with zero attached hydrogens (tertiary/aromatic N) is 1. The quantitative estimate of drug-likeness (QED) is 0.751. The van der Waals surface area contributed by atoms with Crippen molar-refractivity contribution in [3.05, 3.63) is 0 Å². The van der Waals surface area contributed by atoms with E-state index in [1.165, 1.54) is 20.0 Å². The van der Waals surface area contributed by atoms with Gasteiger partial charge in [-0.15, -0.1) is 12.4 Å². The standard InChI is InChI=1S/C13H26N2O2.ClH/c1-11(2)15(9-6-13(16)17-3)10-12-4-7-14-8-5-12;/h11-12,14H,4-10H2,1-3H3;1H. The Morgan fingerprint density at radius 1 is 1.39 bits per heavy atom. The molecule has 5 heteroatoms. The molecular weight excluding hydrogens is 252 g/mol. The van der Waals surface area contributed by atoms with Crippen LogP contribution in [-0.4, -0.2) is 50.2 Å². The summed E-state index contributed by atoms with van der Waals surface area (Å²) in [6.07, 6.45) is 3.00. The Morgan fingerprint density at radius 2 is 2.00 bits per heavy atom. The van der Waals surface area contributed by atoms with Gasteiger partial charge in [-0.2, -0.15) is 0 Å². The van der Waals surface area contributed by atoms with Gasteiger partial charge in [-0.1, -0.05) is 0 Å². The minimum atomic E-state index is -0.110. The van der Waals surface area contributed by atoms with E-state index in [0.29, 0.717) is 12.5 Å². The molecule has 4 nitrogen and oxygen atoms in total. The van der Waals surface area contributed by atoms with Crippen LogP contribution in [0.1, 0.15) is 33.1 Å². The topological polar surface area (TPSA) is 41.6 Å². The summed E-state index contributed by atoms with van der Waals surface area (Å²) in [5.41, 5.74) is 0. The Labute approximate surface area is 117 Å². The van der Waals surface area contributed by atoms with Crippen molar-refractivity contribution in [3.63, 3.8) is 0 Å². The number of hydrogen-bond donors (Lipinski definition) is 1. The zero-order valence-corrected chi connectivity index (χ0v) is 12.6. The van der Waals surface area contributed by atoms with Gasteiger partial charge in [0.05, 0.1) is 13.5 Å². The fraction of sp³-hybridized carbons (Fsp3) is 0.923. The summed E-state index contributed by atoms with van der Waals surface area (Å²) >= 11 is 0. The van der Waals surface area contributed by atoms with Crippen LogP contribution in [0, 0.1) is 5.92 Å². The van der Waals surface area contributed by atoms with Gasteiger partial charge in [0.1, 0.15) is 0 Å². The average molecular weight is 279 g/mol. The Kier molecular flexibility index (Phi) is 9.42. The van der Waals surface area contributed by atoms with E-state index in [2.05, 4.69) is 24.1 Å². The highest BCUT2D eigenvalue weighted by Gasteiger charge is 2.19. The van der Waals surface area contributed by atoms with Crippen molar-refractivity contribution in [1.82, 2.24) is 10.2 Å². The van der Waals surface area contributed by atoms with Gasteiger partial charge in [0.25, 0.3) is 0 Å². The molecule has 1 rings (SSSR count). The SMILES string of the molecule is COC(=O)CCN(CC1CCNCC1)C(C)C.Cl. The van der Waals surface area contributed by atoms with Gasteiger partial charge in [-0.3, -0.25) is 4.79 Å². The van der Waals surface area contributed by atoms with Gasteiger partial charge in [-0.25, -0.2) is 0 Å². The predicted molar refractivity (Wildman–Crippen MR) is 76.2 cm³/mol. The fourth-order valence-electron chi connectivity index (χ4n) is 2.29. The lowest BCUT2D eigenvalue weighted by molar-refractivity contribution is -0.141. The third-order valence-corrected chi connectivity index (χ3v) is 3.51. The van der Waals surface area contributed by atoms with Gasteiger partial charge in [0, 0.05) is 19.1 Å². The number of esters is 1. The molecule has 0 aromatic rings. The second-order valence-electron chi connectivity index (χ2n) is 5.11.